The average Bonchev–Trinajstić information content (AvgIpc) is 3.23. The monoisotopic (exact) mass is 406 g/mol. The molecule has 7 nitrogen and oxygen atoms in total. The van der Waals surface area contributed by atoms with Crippen molar-refractivity contribution in [3.05, 3.63) is 93.7 Å². The fraction of sp³-hybridized carbons (Fsp3) is 0.130. The second-order valence-corrected chi connectivity index (χ2v) is 6.62. The number of hydrogen-bond donors (Lipinski definition) is 1. The van der Waals surface area contributed by atoms with Gasteiger partial charge in [-0.05, 0) is 43.3 Å². The van der Waals surface area contributed by atoms with Crippen LogP contribution in [0.3, 0.4) is 0 Å². The van der Waals surface area contributed by atoms with Gasteiger partial charge in [0.1, 0.15) is 36.1 Å². The highest BCUT2D eigenvalue weighted by atomic mass is 16.5. The van der Waals surface area contributed by atoms with Crippen molar-refractivity contribution in [1.82, 2.24) is 0 Å². The normalized spacial score (nSPS) is 10.8. The zero-order valence-electron chi connectivity index (χ0n) is 16.1. The Kier molecular flexibility index (Phi) is 5.26. The van der Waals surface area contributed by atoms with Crippen LogP contribution in [0, 0.1) is 6.92 Å². The Morgan fingerprint density at radius 2 is 1.80 bits per heavy atom. The predicted octanol–water partition coefficient (Wildman–Crippen LogP) is 4.34. The van der Waals surface area contributed by atoms with E-state index in [0.29, 0.717) is 28.0 Å². The molecule has 0 bridgehead atoms. The van der Waals surface area contributed by atoms with E-state index in [0.717, 1.165) is 0 Å². The summed E-state index contributed by atoms with van der Waals surface area (Å²) < 4.78 is 21.6. The van der Waals surface area contributed by atoms with Crippen LogP contribution in [0.5, 0.6) is 11.5 Å². The molecule has 4 aromatic rings. The van der Waals surface area contributed by atoms with E-state index < -0.39 is 11.6 Å². The zero-order valence-corrected chi connectivity index (χ0v) is 16.1. The van der Waals surface area contributed by atoms with Crippen molar-refractivity contribution < 1.29 is 28.2 Å². The van der Waals surface area contributed by atoms with Gasteiger partial charge in [0, 0.05) is 22.6 Å². The lowest BCUT2D eigenvalue weighted by Gasteiger charge is -2.08. The predicted molar refractivity (Wildman–Crippen MR) is 107 cm³/mol. The van der Waals surface area contributed by atoms with Gasteiger partial charge in [-0.2, -0.15) is 0 Å². The Hall–Kier alpha value is -4.00. The van der Waals surface area contributed by atoms with Gasteiger partial charge >= 0.3 is 11.6 Å². The number of phenols is 1. The summed E-state index contributed by atoms with van der Waals surface area (Å²) in [5, 5.41) is 10.4. The van der Waals surface area contributed by atoms with Crippen molar-refractivity contribution in [2.75, 3.05) is 0 Å². The zero-order chi connectivity index (χ0) is 21.1. The summed E-state index contributed by atoms with van der Waals surface area (Å²) in [6, 6.07) is 16.7. The third-order valence-corrected chi connectivity index (χ3v) is 4.56. The Labute approximate surface area is 171 Å². The van der Waals surface area contributed by atoms with Gasteiger partial charge in [-0.1, -0.05) is 18.2 Å². The summed E-state index contributed by atoms with van der Waals surface area (Å²) in [5.74, 6) is 0.540. The van der Waals surface area contributed by atoms with Gasteiger partial charge < -0.3 is 23.4 Å². The molecule has 0 saturated heterocycles. The first-order chi connectivity index (χ1) is 14.5. The van der Waals surface area contributed by atoms with Crippen LogP contribution in [-0.2, 0) is 18.0 Å². The number of aryl methyl sites for hydroxylation is 1. The molecule has 0 aliphatic carbocycles. The molecule has 0 amide bonds. The lowest BCUT2D eigenvalue weighted by molar-refractivity contribution is 0.0433. The fourth-order valence-electron chi connectivity index (χ4n) is 2.99. The van der Waals surface area contributed by atoms with Crippen LogP contribution in [-0.4, -0.2) is 11.1 Å². The molecule has 7 heteroatoms. The SMILES string of the molecule is Cc1c(O)ccc2c(COC(=O)c3ccc(COc4ccccc4)o3)cc(=O)oc12. The third kappa shape index (κ3) is 4.05. The van der Waals surface area contributed by atoms with Gasteiger partial charge in [0.05, 0.1) is 0 Å². The van der Waals surface area contributed by atoms with Crippen molar-refractivity contribution in [3.8, 4) is 11.5 Å². The molecule has 4 rings (SSSR count). The smallest absolute Gasteiger partial charge is 0.374 e. The van der Waals surface area contributed by atoms with E-state index in [9.17, 15) is 14.7 Å². The van der Waals surface area contributed by atoms with Crippen molar-refractivity contribution >= 4 is 16.9 Å². The second kappa shape index (κ2) is 8.16. The lowest BCUT2D eigenvalue weighted by atomic mass is 10.1. The van der Waals surface area contributed by atoms with Crippen molar-refractivity contribution in [2.45, 2.75) is 20.1 Å². The summed E-state index contributed by atoms with van der Waals surface area (Å²) >= 11 is 0. The number of carbonyl (C=O) groups is 1. The topological polar surface area (TPSA) is 99.1 Å². The number of aromatic hydroxyl groups is 1. The Bertz CT molecular complexity index is 1250. The van der Waals surface area contributed by atoms with Gasteiger partial charge in [0.25, 0.3) is 0 Å². The molecule has 0 unspecified atom stereocenters. The van der Waals surface area contributed by atoms with Gasteiger partial charge in [0.15, 0.2) is 0 Å². The number of phenolic OH excluding ortho intramolecular Hbond substituents is 1. The van der Waals surface area contributed by atoms with E-state index >= 15 is 0 Å². The molecule has 0 saturated carbocycles. The van der Waals surface area contributed by atoms with E-state index in [1.165, 1.54) is 18.2 Å². The molecule has 0 radical (unpaired) electrons. The Morgan fingerprint density at radius 1 is 1.00 bits per heavy atom. The summed E-state index contributed by atoms with van der Waals surface area (Å²) in [5.41, 5.74) is 0.566. The van der Waals surface area contributed by atoms with Crippen LogP contribution in [0.2, 0.25) is 0 Å². The number of para-hydroxylation sites is 1. The fourth-order valence-corrected chi connectivity index (χ4v) is 2.99. The minimum atomic E-state index is -0.669. The van der Waals surface area contributed by atoms with E-state index in [2.05, 4.69) is 0 Å². The van der Waals surface area contributed by atoms with E-state index in [1.54, 1.807) is 19.1 Å². The van der Waals surface area contributed by atoms with Crippen LogP contribution in [0.1, 0.15) is 27.4 Å². The standard InChI is InChI=1S/C23H18O7/c1-14-19(24)9-8-18-15(11-21(25)30-22(14)18)12-28-23(26)20-10-7-17(29-20)13-27-16-5-3-2-4-6-16/h2-11,24H,12-13H2,1H3. The largest absolute Gasteiger partial charge is 0.508 e. The van der Waals surface area contributed by atoms with Crippen molar-refractivity contribution in [3.63, 3.8) is 0 Å². The molecule has 2 heterocycles. The van der Waals surface area contributed by atoms with E-state index in [-0.39, 0.29) is 30.3 Å². The number of ether oxygens (including phenoxy) is 2. The van der Waals surface area contributed by atoms with Gasteiger partial charge in [-0.3, -0.25) is 0 Å². The third-order valence-electron chi connectivity index (χ3n) is 4.56. The molecule has 2 aromatic heterocycles. The number of fused-ring (bicyclic) bond motifs is 1. The van der Waals surface area contributed by atoms with Crippen molar-refractivity contribution in [2.24, 2.45) is 0 Å². The quantitative estimate of drug-likeness (QED) is 0.376. The highest BCUT2D eigenvalue weighted by Gasteiger charge is 2.16. The summed E-state index contributed by atoms with van der Waals surface area (Å²) in [4.78, 5) is 24.2. The molecule has 0 fully saturated rings. The molecule has 30 heavy (non-hydrogen) atoms. The molecule has 0 aliphatic rings. The number of esters is 1. The van der Waals surface area contributed by atoms with E-state index in [4.69, 9.17) is 18.3 Å². The minimum Gasteiger partial charge on any atom is -0.508 e. The van der Waals surface area contributed by atoms with Crippen LogP contribution in [0.15, 0.2) is 74.3 Å². The number of hydrogen-bond acceptors (Lipinski definition) is 7. The van der Waals surface area contributed by atoms with Gasteiger partial charge in [0.2, 0.25) is 5.76 Å². The first-order valence-electron chi connectivity index (χ1n) is 9.20. The highest BCUT2D eigenvalue weighted by Crippen LogP contribution is 2.27. The molecular formula is C23H18O7. The van der Waals surface area contributed by atoms with Gasteiger partial charge in [-0.25, -0.2) is 9.59 Å². The molecule has 2 aromatic carbocycles. The maximum absolute atomic E-state index is 12.3. The first kappa shape index (κ1) is 19.3. The molecule has 1 N–H and O–H groups in total. The van der Waals surface area contributed by atoms with Crippen LogP contribution in [0.4, 0.5) is 0 Å². The van der Waals surface area contributed by atoms with E-state index in [1.807, 2.05) is 30.3 Å². The number of rotatable bonds is 6. The second-order valence-electron chi connectivity index (χ2n) is 6.62. The van der Waals surface area contributed by atoms with Crippen molar-refractivity contribution in [1.29, 1.82) is 0 Å². The maximum Gasteiger partial charge on any atom is 0.374 e. The summed E-state index contributed by atoms with van der Waals surface area (Å²) in [7, 11) is 0. The van der Waals surface area contributed by atoms with Crippen LogP contribution < -0.4 is 10.4 Å². The first-order valence-corrected chi connectivity index (χ1v) is 9.20. The number of benzene rings is 2. The Morgan fingerprint density at radius 3 is 2.60 bits per heavy atom. The molecule has 0 atom stereocenters. The summed E-state index contributed by atoms with van der Waals surface area (Å²) in [6.45, 7) is 1.66. The number of carbonyl (C=O) groups excluding carboxylic acids is 1. The average molecular weight is 406 g/mol. The molecular weight excluding hydrogens is 388 g/mol. The lowest BCUT2D eigenvalue weighted by Crippen LogP contribution is -2.07. The molecule has 0 spiro atoms. The summed E-state index contributed by atoms with van der Waals surface area (Å²) in [6.07, 6.45) is 0. The molecule has 0 aliphatic heterocycles. The minimum absolute atomic E-state index is 0.0145. The van der Waals surface area contributed by atoms with Crippen LogP contribution in [0.25, 0.3) is 11.0 Å². The molecule has 152 valence electrons. The maximum atomic E-state index is 12.3. The highest BCUT2D eigenvalue weighted by molar-refractivity contribution is 5.87. The Balaban J connectivity index is 1.45. The van der Waals surface area contributed by atoms with Crippen LogP contribution >= 0.6 is 0 Å². The van der Waals surface area contributed by atoms with Gasteiger partial charge in [-0.15, -0.1) is 0 Å². The number of furan rings is 1.